The highest BCUT2D eigenvalue weighted by Gasteiger charge is 2.15. The summed E-state index contributed by atoms with van der Waals surface area (Å²) < 4.78 is 0. The van der Waals surface area contributed by atoms with Gasteiger partial charge in [0.2, 0.25) is 0 Å². The Hall–Kier alpha value is -1.36. The minimum absolute atomic E-state index is 0.218. The van der Waals surface area contributed by atoms with Crippen molar-refractivity contribution in [2.45, 2.75) is 12.5 Å². The van der Waals surface area contributed by atoms with Crippen LogP contribution in [0.2, 0.25) is 5.02 Å². The molecule has 1 unspecified atom stereocenters. The van der Waals surface area contributed by atoms with Crippen molar-refractivity contribution in [2.75, 3.05) is 5.32 Å². The fourth-order valence-electron chi connectivity index (χ4n) is 2.01. The lowest BCUT2D eigenvalue weighted by atomic mass is 10.1. The van der Waals surface area contributed by atoms with Gasteiger partial charge in [-0.15, -0.1) is 22.7 Å². The predicted molar refractivity (Wildman–Crippen MR) is 88.0 cm³/mol. The number of aromatic nitrogens is 1. The van der Waals surface area contributed by atoms with Crippen LogP contribution in [-0.4, -0.2) is 4.98 Å². The summed E-state index contributed by atoms with van der Waals surface area (Å²) in [6.45, 7) is 0. The van der Waals surface area contributed by atoms with Crippen LogP contribution in [0.1, 0.15) is 15.8 Å². The Kier molecular flexibility index (Phi) is 4.35. The van der Waals surface area contributed by atoms with Gasteiger partial charge in [0.1, 0.15) is 0 Å². The fraction of sp³-hybridized carbons (Fsp3) is 0.133. The molecular formula is C15H13ClN2S2. The van der Waals surface area contributed by atoms with Crippen LogP contribution in [0.4, 0.5) is 5.69 Å². The van der Waals surface area contributed by atoms with Gasteiger partial charge in [-0.1, -0.05) is 23.7 Å². The van der Waals surface area contributed by atoms with Crippen molar-refractivity contribution < 1.29 is 0 Å². The molecule has 1 atom stereocenters. The summed E-state index contributed by atoms with van der Waals surface area (Å²) in [5.41, 5.74) is 0.879. The maximum absolute atomic E-state index is 6.22. The van der Waals surface area contributed by atoms with Crippen LogP contribution < -0.4 is 5.32 Å². The van der Waals surface area contributed by atoms with Crippen molar-refractivity contribution in [2.24, 2.45) is 0 Å². The van der Waals surface area contributed by atoms with Gasteiger partial charge >= 0.3 is 0 Å². The molecule has 3 heterocycles. The number of hydrogen-bond acceptors (Lipinski definition) is 4. The lowest BCUT2D eigenvalue weighted by molar-refractivity contribution is 0.801. The zero-order valence-electron chi connectivity index (χ0n) is 10.6. The first-order valence-electron chi connectivity index (χ1n) is 6.25. The summed E-state index contributed by atoms with van der Waals surface area (Å²) in [4.78, 5) is 6.80. The second-order valence-corrected chi connectivity index (χ2v) is 6.77. The number of pyridine rings is 1. The molecule has 3 aromatic rings. The topological polar surface area (TPSA) is 24.9 Å². The molecule has 0 aliphatic heterocycles. The quantitative estimate of drug-likeness (QED) is 0.694. The molecule has 0 amide bonds. The number of anilines is 1. The largest absolute Gasteiger partial charge is 0.375 e. The molecule has 2 nitrogen and oxygen atoms in total. The summed E-state index contributed by atoms with van der Waals surface area (Å²) in [6, 6.07) is 10.5. The number of halogens is 1. The average molecular weight is 321 g/mol. The molecule has 3 rings (SSSR count). The number of nitrogens with zero attached hydrogens (tertiary/aromatic N) is 1. The van der Waals surface area contributed by atoms with Gasteiger partial charge in [0, 0.05) is 22.4 Å². The van der Waals surface area contributed by atoms with Gasteiger partial charge < -0.3 is 5.32 Å². The van der Waals surface area contributed by atoms with E-state index < -0.39 is 0 Å². The number of hydrogen-bond donors (Lipinski definition) is 1. The fourth-order valence-corrected chi connectivity index (χ4v) is 3.70. The summed E-state index contributed by atoms with van der Waals surface area (Å²) in [5, 5.41) is 8.42. The third kappa shape index (κ3) is 3.20. The van der Waals surface area contributed by atoms with Gasteiger partial charge in [-0.25, -0.2) is 0 Å². The molecule has 0 aliphatic carbocycles. The van der Waals surface area contributed by atoms with Crippen LogP contribution in [0, 0.1) is 0 Å². The van der Waals surface area contributed by atoms with Crippen molar-refractivity contribution in [1.29, 1.82) is 0 Å². The van der Waals surface area contributed by atoms with Gasteiger partial charge in [0.15, 0.2) is 0 Å². The van der Waals surface area contributed by atoms with E-state index in [1.54, 1.807) is 41.1 Å². The van der Waals surface area contributed by atoms with Gasteiger partial charge in [-0.2, -0.15) is 0 Å². The van der Waals surface area contributed by atoms with Crippen molar-refractivity contribution in [1.82, 2.24) is 4.98 Å². The minimum Gasteiger partial charge on any atom is -0.375 e. The van der Waals surface area contributed by atoms with Gasteiger partial charge in [-0.05, 0) is 29.0 Å². The van der Waals surface area contributed by atoms with E-state index in [0.717, 1.165) is 12.1 Å². The molecule has 5 heteroatoms. The normalized spacial score (nSPS) is 12.2. The Morgan fingerprint density at radius 3 is 2.70 bits per heavy atom. The number of rotatable bonds is 5. The van der Waals surface area contributed by atoms with E-state index in [4.69, 9.17) is 11.6 Å². The molecule has 0 saturated heterocycles. The summed E-state index contributed by atoms with van der Waals surface area (Å²) in [7, 11) is 0. The molecule has 0 fully saturated rings. The number of nitrogens with one attached hydrogen (secondary N) is 1. The van der Waals surface area contributed by atoms with E-state index >= 15 is 0 Å². The number of thiophene rings is 2. The van der Waals surface area contributed by atoms with Crippen LogP contribution >= 0.6 is 34.3 Å². The maximum Gasteiger partial charge on any atom is 0.0721 e. The Labute approximate surface area is 131 Å². The second kappa shape index (κ2) is 6.39. The van der Waals surface area contributed by atoms with Crippen LogP contribution in [0.15, 0.2) is 53.5 Å². The van der Waals surface area contributed by atoms with Crippen molar-refractivity contribution in [3.63, 3.8) is 0 Å². The Morgan fingerprint density at radius 1 is 1.15 bits per heavy atom. The first-order chi connectivity index (χ1) is 9.83. The molecule has 1 N–H and O–H groups in total. The van der Waals surface area contributed by atoms with Crippen LogP contribution in [-0.2, 0) is 6.42 Å². The molecule has 20 heavy (non-hydrogen) atoms. The molecule has 102 valence electrons. The van der Waals surface area contributed by atoms with Crippen molar-refractivity contribution in [3.05, 3.63) is 68.3 Å². The molecule has 0 saturated carbocycles. The monoisotopic (exact) mass is 320 g/mol. The summed E-state index contributed by atoms with van der Waals surface area (Å²) in [5.74, 6) is 0. The second-order valence-electron chi connectivity index (χ2n) is 4.35. The zero-order valence-corrected chi connectivity index (χ0v) is 13.0. The maximum atomic E-state index is 6.22. The molecular weight excluding hydrogens is 308 g/mol. The predicted octanol–water partition coefficient (Wildman–Crippen LogP) is 5.25. The third-order valence-corrected chi connectivity index (χ3v) is 5.18. The van der Waals surface area contributed by atoms with E-state index in [9.17, 15) is 0 Å². The minimum atomic E-state index is 0.218. The van der Waals surface area contributed by atoms with Gasteiger partial charge in [-0.3, -0.25) is 4.98 Å². The molecule has 0 radical (unpaired) electrons. The third-order valence-electron chi connectivity index (χ3n) is 2.97. The lowest BCUT2D eigenvalue weighted by Gasteiger charge is -2.18. The molecule has 3 aromatic heterocycles. The summed E-state index contributed by atoms with van der Waals surface area (Å²) >= 11 is 9.75. The highest BCUT2D eigenvalue weighted by atomic mass is 35.5. The van der Waals surface area contributed by atoms with E-state index in [-0.39, 0.29) is 6.04 Å². The molecule has 0 bridgehead atoms. The van der Waals surface area contributed by atoms with Crippen LogP contribution in [0.25, 0.3) is 0 Å². The standard InChI is InChI=1S/C15H13ClN2S2/c16-12-5-6-17-10-14(12)18-13(15-4-2-8-20-15)9-11-3-1-7-19-11/h1-8,10,13,18H,9H2. The van der Waals surface area contributed by atoms with E-state index in [2.05, 4.69) is 45.3 Å². The van der Waals surface area contributed by atoms with Crippen LogP contribution in [0.3, 0.4) is 0 Å². The molecule has 0 aliphatic rings. The van der Waals surface area contributed by atoms with E-state index in [0.29, 0.717) is 5.02 Å². The zero-order chi connectivity index (χ0) is 13.8. The highest BCUT2D eigenvalue weighted by molar-refractivity contribution is 7.10. The Morgan fingerprint density at radius 2 is 2.00 bits per heavy atom. The average Bonchev–Trinajstić information content (AvgIpc) is 3.12. The van der Waals surface area contributed by atoms with E-state index in [1.165, 1.54) is 9.75 Å². The highest BCUT2D eigenvalue weighted by Crippen LogP contribution is 2.30. The molecule has 0 aromatic carbocycles. The summed E-state index contributed by atoms with van der Waals surface area (Å²) in [6.07, 6.45) is 4.42. The van der Waals surface area contributed by atoms with Gasteiger partial charge in [0.05, 0.1) is 22.9 Å². The van der Waals surface area contributed by atoms with Crippen LogP contribution in [0.5, 0.6) is 0 Å². The lowest BCUT2D eigenvalue weighted by Crippen LogP contribution is -2.12. The van der Waals surface area contributed by atoms with Gasteiger partial charge in [0.25, 0.3) is 0 Å². The molecule has 0 spiro atoms. The smallest absolute Gasteiger partial charge is 0.0721 e. The van der Waals surface area contributed by atoms with Crippen molar-refractivity contribution in [3.8, 4) is 0 Å². The first-order valence-corrected chi connectivity index (χ1v) is 8.38. The first kappa shape index (κ1) is 13.6. The Balaban J connectivity index is 1.84. The van der Waals surface area contributed by atoms with E-state index in [1.807, 2.05) is 0 Å². The Bertz CT molecular complexity index is 650. The van der Waals surface area contributed by atoms with Crippen molar-refractivity contribution >= 4 is 40.0 Å². The SMILES string of the molecule is Clc1ccncc1NC(Cc1cccs1)c1cccs1.